The van der Waals surface area contributed by atoms with Crippen LogP contribution in [0.15, 0.2) is 0 Å². The van der Waals surface area contributed by atoms with Crippen LogP contribution in [0, 0.1) is 5.92 Å². The first kappa shape index (κ1) is 11.9. The molecule has 1 aliphatic heterocycles. The SMILES string of the molecule is C[C@]1(C2CC2)OCCn2c1nc1c(Cl)nc(Cl)nc12. The second-order valence-electron chi connectivity index (χ2n) is 5.27. The topological polar surface area (TPSA) is 52.8 Å². The van der Waals surface area contributed by atoms with E-state index in [2.05, 4.69) is 26.4 Å². The average molecular weight is 299 g/mol. The highest BCUT2D eigenvalue weighted by molar-refractivity contribution is 6.35. The predicted octanol–water partition coefficient (Wildman–Crippen LogP) is 2.79. The Balaban J connectivity index is 2.01. The maximum atomic E-state index is 6.12. The van der Waals surface area contributed by atoms with Crippen molar-refractivity contribution in [2.24, 2.45) is 5.92 Å². The Labute approximate surface area is 119 Å². The Hall–Kier alpha value is -0.910. The second kappa shape index (κ2) is 3.81. The van der Waals surface area contributed by atoms with Gasteiger partial charge in [0.05, 0.1) is 6.61 Å². The Morgan fingerprint density at radius 1 is 1.26 bits per heavy atom. The molecule has 5 nitrogen and oxygen atoms in total. The van der Waals surface area contributed by atoms with Crippen LogP contribution >= 0.6 is 23.2 Å². The molecule has 0 amide bonds. The predicted molar refractivity (Wildman–Crippen MR) is 71.4 cm³/mol. The molecule has 0 unspecified atom stereocenters. The van der Waals surface area contributed by atoms with Crippen LogP contribution < -0.4 is 0 Å². The molecule has 7 heteroatoms. The van der Waals surface area contributed by atoms with E-state index in [1.807, 2.05) is 0 Å². The molecule has 0 aromatic carbocycles. The minimum atomic E-state index is -0.339. The highest BCUT2D eigenvalue weighted by atomic mass is 35.5. The number of rotatable bonds is 1. The van der Waals surface area contributed by atoms with E-state index in [1.54, 1.807) is 0 Å². The van der Waals surface area contributed by atoms with Crippen molar-refractivity contribution in [1.29, 1.82) is 0 Å². The minimum absolute atomic E-state index is 0.153. The molecule has 0 saturated heterocycles. The number of imidazole rings is 1. The first-order valence-corrected chi connectivity index (χ1v) is 7.09. The lowest BCUT2D eigenvalue weighted by molar-refractivity contribution is -0.0829. The number of halogens is 2. The van der Waals surface area contributed by atoms with Crippen LogP contribution in [0.25, 0.3) is 11.2 Å². The van der Waals surface area contributed by atoms with Gasteiger partial charge in [0.2, 0.25) is 5.28 Å². The summed E-state index contributed by atoms with van der Waals surface area (Å²) in [6, 6.07) is 0. The Morgan fingerprint density at radius 2 is 2.05 bits per heavy atom. The summed E-state index contributed by atoms with van der Waals surface area (Å²) in [7, 11) is 0. The summed E-state index contributed by atoms with van der Waals surface area (Å²) in [6.45, 7) is 3.48. The third-order valence-electron chi connectivity index (χ3n) is 4.04. The Kier molecular flexibility index (Phi) is 2.38. The van der Waals surface area contributed by atoms with Crippen LogP contribution in [0.2, 0.25) is 10.4 Å². The third kappa shape index (κ3) is 1.61. The van der Waals surface area contributed by atoms with Gasteiger partial charge >= 0.3 is 0 Å². The van der Waals surface area contributed by atoms with E-state index in [-0.39, 0.29) is 10.9 Å². The van der Waals surface area contributed by atoms with Crippen LogP contribution in [0.5, 0.6) is 0 Å². The first-order chi connectivity index (χ1) is 9.09. The third-order valence-corrected chi connectivity index (χ3v) is 4.47. The normalized spacial score (nSPS) is 26.7. The van der Waals surface area contributed by atoms with E-state index < -0.39 is 0 Å². The molecule has 1 aliphatic carbocycles. The summed E-state index contributed by atoms with van der Waals surface area (Å²) in [6.07, 6.45) is 2.36. The highest BCUT2D eigenvalue weighted by Crippen LogP contribution is 2.49. The molecule has 0 N–H and O–H groups in total. The van der Waals surface area contributed by atoms with Gasteiger partial charge in [-0.2, -0.15) is 4.98 Å². The second-order valence-corrected chi connectivity index (χ2v) is 5.97. The molecule has 3 heterocycles. The van der Waals surface area contributed by atoms with Crippen molar-refractivity contribution in [2.45, 2.75) is 31.9 Å². The van der Waals surface area contributed by atoms with E-state index in [9.17, 15) is 0 Å². The van der Waals surface area contributed by atoms with Gasteiger partial charge in [0.15, 0.2) is 10.8 Å². The molecular formula is C12H12Cl2N4O. The zero-order chi connectivity index (χ0) is 13.2. The van der Waals surface area contributed by atoms with Crippen molar-refractivity contribution in [3.8, 4) is 0 Å². The van der Waals surface area contributed by atoms with Crippen molar-refractivity contribution in [2.75, 3.05) is 6.61 Å². The highest BCUT2D eigenvalue weighted by Gasteiger charge is 2.49. The van der Waals surface area contributed by atoms with Crippen LogP contribution in [0.3, 0.4) is 0 Å². The smallest absolute Gasteiger partial charge is 0.225 e. The fourth-order valence-corrected chi connectivity index (χ4v) is 3.30. The molecule has 4 rings (SSSR count). The number of hydrogen-bond acceptors (Lipinski definition) is 4. The van der Waals surface area contributed by atoms with Gasteiger partial charge < -0.3 is 9.30 Å². The van der Waals surface area contributed by atoms with Crippen LogP contribution in [0.1, 0.15) is 25.6 Å². The van der Waals surface area contributed by atoms with Crippen molar-refractivity contribution >= 4 is 34.4 Å². The van der Waals surface area contributed by atoms with Gasteiger partial charge in [0.1, 0.15) is 16.9 Å². The summed E-state index contributed by atoms with van der Waals surface area (Å²) >= 11 is 12.0. The van der Waals surface area contributed by atoms with E-state index in [4.69, 9.17) is 27.9 Å². The zero-order valence-electron chi connectivity index (χ0n) is 10.4. The molecule has 0 spiro atoms. The number of nitrogens with zero attached hydrogens (tertiary/aromatic N) is 4. The molecule has 19 heavy (non-hydrogen) atoms. The molecule has 2 aromatic rings. The van der Waals surface area contributed by atoms with Gasteiger partial charge in [-0.1, -0.05) is 11.6 Å². The molecule has 0 bridgehead atoms. The maximum absolute atomic E-state index is 6.12. The van der Waals surface area contributed by atoms with Gasteiger partial charge in [0, 0.05) is 6.54 Å². The summed E-state index contributed by atoms with van der Waals surface area (Å²) in [5.41, 5.74) is 0.975. The largest absolute Gasteiger partial charge is 0.365 e. The molecule has 100 valence electrons. The molecule has 1 fully saturated rings. The van der Waals surface area contributed by atoms with Gasteiger partial charge in [-0.05, 0) is 37.3 Å². The Morgan fingerprint density at radius 3 is 2.79 bits per heavy atom. The number of aromatic nitrogens is 4. The molecular weight excluding hydrogens is 287 g/mol. The van der Waals surface area contributed by atoms with E-state index >= 15 is 0 Å². The monoisotopic (exact) mass is 298 g/mol. The fourth-order valence-electron chi connectivity index (χ4n) is 2.88. The van der Waals surface area contributed by atoms with Crippen molar-refractivity contribution < 1.29 is 4.74 Å². The number of fused-ring (bicyclic) bond motifs is 3. The van der Waals surface area contributed by atoms with Crippen LogP contribution in [0.4, 0.5) is 0 Å². The molecule has 1 atom stereocenters. The van der Waals surface area contributed by atoms with E-state index in [0.29, 0.717) is 28.8 Å². The van der Waals surface area contributed by atoms with Crippen molar-refractivity contribution in [3.05, 3.63) is 16.3 Å². The summed E-state index contributed by atoms with van der Waals surface area (Å²) < 4.78 is 8.07. The van der Waals surface area contributed by atoms with E-state index in [0.717, 1.165) is 12.4 Å². The molecule has 0 radical (unpaired) electrons. The zero-order valence-corrected chi connectivity index (χ0v) is 11.9. The first-order valence-electron chi connectivity index (χ1n) is 6.33. The van der Waals surface area contributed by atoms with Crippen molar-refractivity contribution in [1.82, 2.24) is 19.5 Å². The lowest BCUT2D eigenvalue weighted by Gasteiger charge is -2.34. The van der Waals surface area contributed by atoms with Crippen LogP contribution in [-0.2, 0) is 16.9 Å². The summed E-state index contributed by atoms with van der Waals surface area (Å²) in [5, 5.41) is 0.454. The number of hydrogen-bond donors (Lipinski definition) is 0. The summed E-state index contributed by atoms with van der Waals surface area (Å²) in [4.78, 5) is 12.9. The lowest BCUT2D eigenvalue weighted by Crippen LogP contribution is -2.38. The standard InChI is InChI=1S/C12H12Cl2N4O/c1-12(6-2-3-6)10-15-7-8(13)16-11(14)17-9(7)18(10)4-5-19-12/h6H,2-5H2,1H3/t12-/m1/s1. The maximum Gasteiger partial charge on any atom is 0.225 e. The average Bonchev–Trinajstić information content (AvgIpc) is 3.14. The van der Waals surface area contributed by atoms with Gasteiger partial charge in [0.25, 0.3) is 0 Å². The fraction of sp³-hybridized carbons (Fsp3) is 0.583. The van der Waals surface area contributed by atoms with Gasteiger partial charge in [-0.15, -0.1) is 0 Å². The van der Waals surface area contributed by atoms with Gasteiger partial charge in [-0.25, -0.2) is 9.97 Å². The minimum Gasteiger partial charge on any atom is -0.365 e. The molecule has 1 saturated carbocycles. The Bertz CT molecular complexity index is 682. The lowest BCUT2D eigenvalue weighted by atomic mass is 9.98. The quantitative estimate of drug-likeness (QED) is 0.600. The van der Waals surface area contributed by atoms with Crippen LogP contribution in [-0.4, -0.2) is 26.1 Å². The van der Waals surface area contributed by atoms with Crippen molar-refractivity contribution in [3.63, 3.8) is 0 Å². The van der Waals surface area contributed by atoms with E-state index in [1.165, 1.54) is 12.8 Å². The summed E-state index contributed by atoms with van der Waals surface area (Å²) in [5.74, 6) is 1.43. The molecule has 2 aromatic heterocycles. The number of ether oxygens (including phenoxy) is 1. The van der Waals surface area contributed by atoms with Gasteiger partial charge in [-0.3, -0.25) is 0 Å². The molecule has 2 aliphatic rings.